The smallest absolute Gasteiger partial charge is 0.137 e. The average Bonchev–Trinajstić information content (AvgIpc) is 2.98. The van der Waals surface area contributed by atoms with Crippen molar-refractivity contribution in [1.29, 1.82) is 0 Å². The summed E-state index contributed by atoms with van der Waals surface area (Å²) in [4.78, 5) is 13.2. The summed E-state index contributed by atoms with van der Waals surface area (Å²) in [6, 6.07) is 38.5. The SMILES string of the molecule is Cc1ccnc(N2c3ccccc3C(C)(C)c3ccc(-c4ccc5ccc(-c6ccccc6)c(S)c5n4)cc32)c1. The predicted molar refractivity (Wildman–Crippen MR) is 169 cm³/mol. The first kappa shape index (κ1) is 24.6. The van der Waals surface area contributed by atoms with Gasteiger partial charge in [-0.3, -0.25) is 4.90 Å². The third-order valence-electron chi connectivity index (χ3n) is 8.08. The maximum Gasteiger partial charge on any atom is 0.137 e. The highest BCUT2D eigenvalue weighted by Crippen LogP contribution is 2.52. The summed E-state index contributed by atoms with van der Waals surface area (Å²) in [6.45, 7) is 6.72. The van der Waals surface area contributed by atoms with Gasteiger partial charge < -0.3 is 0 Å². The van der Waals surface area contributed by atoms with Crippen molar-refractivity contribution in [3.05, 3.63) is 132 Å². The summed E-state index contributed by atoms with van der Waals surface area (Å²) in [5.74, 6) is 0.915. The van der Waals surface area contributed by atoms with E-state index >= 15 is 0 Å². The largest absolute Gasteiger partial charge is 0.294 e. The molecule has 0 saturated carbocycles. The zero-order valence-electron chi connectivity index (χ0n) is 22.8. The van der Waals surface area contributed by atoms with E-state index in [9.17, 15) is 0 Å². The molecule has 7 rings (SSSR count). The lowest BCUT2D eigenvalue weighted by molar-refractivity contribution is 0.631. The van der Waals surface area contributed by atoms with E-state index in [2.05, 4.69) is 123 Å². The van der Waals surface area contributed by atoms with Gasteiger partial charge >= 0.3 is 0 Å². The van der Waals surface area contributed by atoms with Gasteiger partial charge in [0.15, 0.2) is 0 Å². The number of para-hydroxylation sites is 1. The number of rotatable bonds is 3. The van der Waals surface area contributed by atoms with Gasteiger partial charge in [-0.2, -0.15) is 0 Å². The molecule has 0 aliphatic carbocycles. The third-order valence-corrected chi connectivity index (χ3v) is 8.53. The average molecular weight is 536 g/mol. The Morgan fingerprint density at radius 3 is 2.27 bits per heavy atom. The van der Waals surface area contributed by atoms with Crippen LogP contribution in [-0.2, 0) is 5.41 Å². The highest BCUT2D eigenvalue weighted by molar-refractivity contribution is 7.80. The number of nitrogens with zero attached hydrogens (tertiary/aromatic N) is 3. The van der Waals surface area contributed by atoms with Crippen molar-refractivity contribution in [2.24, 2.45) is 0 Å². The van der Waals surface area contributed by atoms with Crippen LogP contribution in [0.2, 0.25) is 0 Å². The fraction of sp³-hybridized carbons (Fsp3) is 0.111. The van der Waals surface area contributed by atoms with Crippen LogP contribution in [0, 0.1) is 6.92 Å². The Hall–Kier alpha value is -4.41. The monoisotopic (exact) mass is 535 g/mol. The molecular weight excluding hydrogens is 506 g/mol. The standard InChI is InChI=1S/C36H29N3S/c1-23-19-20-37-33(21-23)39-31-12-8-7-11-28(31)36(2,3)29-17-14-26(22-32(29)39)30-18-15-25-13-16-27(35(40)34(25)38-30)24-9-5-4-6-10-24/h4-22,40H,1-3H3. The van der Waals surface area contributed by atoms with Crippen LogP contribution < -0.4 is 4.90 Å². The summed E-state index contributed by atoms with van der Waals surface area (Å²) >= 11 is 4.96. The number of aryl methyl sites for hydroxylation is 1. The number of aromatic nitrogens is 2. The summed E-state index contributed by atoms with van der Waals surface area (Å²) in [5.41, 5.74) is 11.0. The minimum atomic E-state index is -0.162. The van der Waals surface area contributed by atoms with Crippen molar-refractivity contribution in [2.75, 3.05) is 4.90 Å². The molecule has 0 fully saturated rings. The molecule has 1 aliphatic heterocycles. The maximum atomic E-state index is 5.16. The lowest BCUT2D eigenvalue weighted by Gasteiger charge is -2.41. The second-order valence-corrected chi connectivity index (χ2v) is 11.4. The van der Waals surface area contributed by atoms with E-state index in [-0.39, 0.29) is 5.41 Å². The quantitative estimate of drug-likeness (QED) is 0.229. The number of thiol groups is 1. The van der Waals surface area contributed by atoms with Gasteiger partial charge in [-0.05, 0) is 65.1 Å². The minimum Gasteiger partial charge on any atom is -0.294 e. The Morgan fingerprint density at radius 2 is 1.45 bits per heavy atom. The topological polar surface area (TPSA) is 29.0 Å². The van der Waals surface area contributed by atoms with Crippen LogP contribution >= 0.6 is 12.6 Å². The second-order valence-electron chi connectivity index (χ2n) is 11.0. The predicted octanol–water partition coefficient (Wildman–Crippen LogP) is 9.67. The van der Waals surface area contributed by atoms with Crippen LogP contribution in [0.25, 0.3) is 33.3 Å². The fourth-order valence-electron chi connectivity index (χ4n) is 5.95. The Bertz CT molecular complexity index is 1910. The Kier molecular flexibility index (Phi) is 5.76. The van der Waals surface area contributed by atoms with E-state index in [4.69, 9.17) is 22.6 Å². The van der Waals surface area contributed by atoms with Gasteiger partial charge in [0.05, 0.1) is 22.6 Å². The molecule has 0 bridgehead atoms. The van der Waals surface area contributed by atoms with Crippen molar-refractivity contribution in [2.45, 2.75) is 31.1 Å². The van der Waals surface area contributed by atoms with Gasteiger partial charge in [0, 0.05) is 27.5 Å². The third kappa shape index (κ3) is 3.90. The number of fused-ring (bicyclic) bond motifs is 3. The molecule has 2 aromatic heterocycles. The molecule has 0 atom stereocenters. The molecule has 6 aromatic rings. The van der Waals surface area contributed by atoms with E-state index in [1.165, 1.54) is 16.7 Å². The molecule has 0 radical (unpaired) electrons. The van der Waals surface area contributed by atoms with Gasteiger partial charge in [0.2, 0.25) is 0 Å². The molecule has 3 heterocycles. The Labute approximate surface area is 240 Å². The van der Waals surface area contributed by atoms with Crippen molar-refractivity contribution in [1.82, 2.24) is 9.97 Å². The fourth-order valence-corrected chi connectivity index (χ4v) is 6.33. The van der Waals surface area contributed by atoms with Gasteiger partial charge in [0.25, 0.3) is 0 Å². The summed E-state index contributed by atoms with van der Waals surface area (Å²) in [5, 5.41) is 1.08. The van der Waals surface area contributed by atoms with Crippen LogP contribution in [0.15, 0.2) is 120 Å². The Balaban J connectivity index is 1.42. The molecule has 0 saturated heterocycles. The van der Waals surface area contributed by atoms with E-state index in [0.29, 0.717) is 0 Å². The molecule has 4 aromatic carbocycles. The number of benzene rings is 4. The molecule has 0 amide bonds. The van der Waals surface area contributed by atoms with Crippen molar-refractivity contribution in [3.63, 3.8) is 0 Å². The molecule has 0 N–H and O–H groups in total. The normalized spacial score (nSPS) is 13.7. The zero-order valence-corrected chi connectivity index (χ0v) is 23.7. The van der Waals surface area contributed by atoms with Crippen molar-refractivity contribution >= 4 is 40.7 Å². The van der Waals surface area contributed by atoms with E-state index in [1.54, 1.807) is 0 Å². The molecule has 194 valence electrons. The van der Waals surface area contributed by atoms with Gasteiger partial charge in [-0.25, -0.2) is 9.97 Å². The molecule has 1 aliphatic rings. The number of pyridine rings is 2. The first-order valence-corrected chi connectivity index (χ1v) is 14.0. The van der Waals surface area contributed by atoms with Crippen LogP contribution in [0.3, 0.4) is 0 Å². The number of hydrogen-bond acceptors (Lipinski definition) is 4. The number of hydrogen-bond donors (Lipinski definition) is 1. The maximum absolute atomic E-state index is 5.16. The van der Waals surface area contributed by atoms with E-state index < -0.39 is 0 Å². The molecule has 0 unspecified atom stereocenters. The lowest BCUT2D eigenvalue weighted by atomic mass is 9.73. The molecule has 0 spiro atoms. The van der Waals surface area contributed by atoms with Crippen LogP contribution in [-0.4, -0.2) is 9.97 Å². The van der Waals surface area contributed by atoms with Crippen molar-refractivity contribution in [3.8, 4) is 22.4 Å². The highest BCUT2D eigenvalue weighted by Gasteiger charge is 2.37. The highest BCUT2D eigenvalue weighted by atomic mass is 32.1. The first-order chi connectivity index (χ1) is 19.4. The van der Waals surface area contributed by atoms with Crippen LogP contribution in [0.1, 0.15) is 30.5 Å². The molecule has 4 heteroatoms. The summed E-state index contributed by atoms with van der Waals surface area (Å²) in [7, 11) is 0. The second kappa shape index (κ2) is 9.35. The first-order valence-electron chi connectivity index (χ1n) is 13.6. The van der Waals surface area contributed by atoms with Gasteiger partial charge in [-0.15, -0.1) is 12.6 Å². The summed E-state index contributed by atoms with van der Waals surface area (Å²) < 4.78 is 0. The lowest BCUT2D eigenvalue weighted by Crippen LogP contribution is -2.31. The van der Waals surface area contributed by atoms with E-state index in [0.717, 1.165) is 55.4 Å². The minimum absolute atomic E-state index is 0.162. The summed E-state index contributed by atoms with van der Waals surface area (Å²) in [6.07, 6.45) is 1.89. The van der Waals surface area contributed by atoms with Gasteiger partial charge in [-0.1, -0.05) is 92.7 Å². The molecule has 3 nitrogen and oxygen atoms in total. The van der Waals surface area contributed by atoms with E-state index in [1.807, 2.05) is 18.3 Å². The van der Waals surface area contributed by atoms with Crippen LogP contribution in [0.5, 0.6) is 0 Å². The molecule has 40 heavy (non-hydrogen) atoms. The molecular formula is C36H29N3S. The number of anilines is 3. The van der Waals surface area contributed by atoms with Crippen LogP contribution in [0.4, 0.5) is 17.2 Å². The zero-order chi connectivity index (χ0) is 27.4. The van der Waals surface area contributed by atoms with Gasteiger partial charge in [0.1, 0.15) is 5.82 Å². The Morgan fingerprint density at radius 1 is 0.700 bits per heavy atom. The van der Waals surface area contributed by atoms with Crippen molar-refractivity contribution < 1.29 is 0 Å².